The van der Waals surface area contributed by atoms with Crippen molar-refractivity contribution in [3.05, 3.63) is 53.6 Å². The maximum Gasteiger partial charge on any atom is 0.161 e. The van der Waals surface area contributed by atoms with Gasteiger partial charge in [0.15, 0.2) is 11.5 Å². The fraction of sp³-hybridized carbons (Fsp3) is 0.294. The Morgan fingerprint density at radius 1 is 1.10 bits per heavy atom. The second-order valence-corrected chi connectivity index (χ2v) is 4.96. The van der Waals surface area contributed by atoms with E-state index in [0.29, 0.717) is 6.61 Å². The van der Waals surface area contributed by atoms with Crippen molar-refractivity contribution in [3.8, 4) is 11.5 Å². The molecule has 0 fully saturated rings. The molecular weight excluding hydrogens is 250 g/mol. The summed E-state index contributed by atoms with van der Waals surface area (Å²) in [6.07, 6.45) is 2.38. The van der Waals surface area contributed by atoms with E-state index in [4.69, 9.17) is 9.47 Å². The maximum atomic E-state index is 5.85. The molecule has 0 unspecified atom stereocenters. The number of aryl methyl sites for hydroxylation is 1. The van der Waals surface area contributed by atoms with Crippen molar-refractivity contribution in [1.29, 1.82) is 0 Å². The van der Waals surface area contributed by atoms with Crippen molar-refractivity contribution in [2.24, 2.45) is 0 Å². The van der Waals surface area contributed by atoms with Crippen molar-refractivity contribution in [2.75, 3.05) is 19.0 Å². The molecule has 0 atom stereocenters. The highest BCUT2D eigenvalue weighted by Crippen LogP contribution is 2.28. The van der Waals surface area contributed by atoms with Crippen LogP contribution in [0.3, 0.4) is 0 Å². The third kappa shape index (κ3) is 2.72. The number of rotatable bonds is 4. The van der Waals surface area contributed by atoms with E-state index >= 15 is 0 Å². The summed E-state index contributed by atoms with van der Waals surface area (Å²) in [4.78, 5) is 0. The molecule has 3 heteroatoms. The molecule has 1 aliphatic heterocycles. The minimum atomic E-state index is 0.551. The molecule has 1 aliphatic rings. The summed E-state index contributed by atoms with van der Waals surface area (Å²) in [5.74, 6) is 1.55. The Labute approximate surface area is 119 Å². The molecule has 0 aromatic heterocycles. The highest BCUT2D eigenvalue weighted by Gasteiger charge is 2.09. The van der Waals surface area contributed by atoms with Gasteiger partial charge in [-0.2, -0.15) is 0 Å². The van der Waals surface area contributed by atoms with Gasteiger partial charge in [0.25, 0.3) is 0 Å². The lowest BCUT2D eigenvalue weighted by atomic mass is 10.0. The highest BCUT2D eigenvalue weighted by molar-refractivity contribution is 5.55. The van der Waals surface area contributed by atoms with Crippen LogP contribution in [0.4, 0.5) is 5.69 Å². The van der Waals surface area contributed by atoms with Gasteiger partial charge in [0.2, 0.25) is 0 Å². The molecule has 3 nitrogen and oxygen atoms in total. The lowest BCUT2D eigenvalue weighted by Crippen LogP contribution is -2.12. The smallest absolute Gasteiger partial charge is 0.161 e. The summed E-state index contributed by atoms with van der Waals surface area (Å²) in [5.41, 5.74) is 3.82. The zero-order valence-electron chi connectivity index (χ0n) is 11.7. The van der Waals surface area contributed by atoms with Crippen molar-refractivity contribution >= 4 is 5.69 Å². The van der Waals surface area contributed by atoms with Gasteiger partial charge in [-0.05, 0) is 42.2 Å². The molecule has 0 spiro atoms. The second kappa shape index (κ2) is 5.87. The largest absolute Gasteiger partial charge is 0.493 e. The average molecular weight is 269 g/mol. The Balaban J connectivity index is 1.72. The van der Waals surface area contributed by atoms with E-state index in [0.717, 1.165) is 24.5 Å². The van der Waals surface area contributed by atoms with Crippen LogP contribution >= 0.6 is 0 Å². The number of hydrogen-bond donors (Lipinski definition) is 1. The van der Waals surface area contributed by atoms with Gasteiger partial charge in [0, 0.05) is 12.2 Å². The van der Waals surface area contributed by atoms with E-state index in [9.17, 15) is 0 Å². The Morgan fingerprint density at radius 2 is 1.95 bits per heavy atom. The Morgan fingerprint density at radius 3 is 2.80 bits per heavy atom. The molecule has 0 amide bonds. The molecule has 0 radical (unpaired) electrons. The standard InChI is InChI=1S/C17H19NO2/c1-19-16-6-2-3-7-17(16)20-12-13-8-9-14-5-4-10-18-15(14)11-13/h2-3,6-9,11,18H,4-5,10,12H2,1H3. The predicted octanol–water partition coefficient (Wildman–Crippen LogP) is 3.63. The van der Waals surface area contributed by atoms with Gasteiger partial charge in [-0.1, -0.05) is 24.3 Å². The minimum absolute atomic E-state index is 0.551. The van der Waals surface area contributed by atoms with Gasteiger partial charge >= 0.3 is 0 Å². The van der Waals surface area contributed by atoms with Crippen molar-refractivity contribution < 1.29 is 9.47 Å². The SMILES string of the molecule is COc1ccccc1OCc1ccc2c(c1)NCCC2. The van der Waals surface area contributed by atoms with Gasteiger partial charge in [-0.3, -0.25) is 0 Å². The van der Waals surface area contributed by atoms with Gasteiger partial charge in [-0.15, -0.1) is 0 Å². The van der Waals surface area contributed by atoms with Crippen molar-refractivity contribution in [3.63, 3.8) is 0 Å². The molecule has 2 aromatic rings. The Kier molecular flexibility index (Phi) is 3.77. The molecule has 20 heavy (non-hydrogen) atoms. The van der Waals surface area contributed by atoms with E-state index in [1.54, 1.807) is 7.11 Å². The number of benzene rings is 2. The Hall–Kier alpha value is -2.16. The molecule has 1 heterocycles. The van der Waals surface area contributed by atoms with Crippen LogP contribution in [0.15, 0.2) is 42.5 Å². The quantitative estimate of drug-likeness (QED) is 0.919. The molecular formula is C17H19NO2. The fourth-order valence-electron chi connectivity index (χ4n) is 2.50. The van der Waals surface area contributed by atoms with Gasteiger partial charge < -0.3 is 14.8 Å². The molecule has 0 bridgehead atoms. The average Bonchev–Trinajstić information content (AvgIpc) is 2.53. The minimum Gasteiger partial charge on any atom is -0.493 e. The molecule has 2 aromatic carbocycles. The van der Waals surface area contributed by atoms with E-state index in [1.165, 1.54) is 23.2 Å². The number of ether oxygens (including phenoxy) is 2. The van der Waals surface area contributed by atoms with Crippen LogP contribution in [-0.2, 0) is 13.0 Å². The van der Waals surface area contributed by atoms with Gasteiger partial charge in [0.05, 0.1) is 7.11 Å². The number of fused-ring (bicyclic) bond motifs is 1. The third-order valence-electron chi connectivity index (χ3n) is 3.58. The summed E-state index contributed by atoms with van der Waals surface area (Å²) in [5, 5.41) is 3.44. The monoisotopic (exact) mass is 269 g/mol. The van der Waals surface area contributed by atoms with Crippen LogP contribution in [0.25, 0.3) is 0 Å². The highest BCUT2D eigenvalue weighted by atomic mass is 16.5. The first-order chi connectivity index (χ1) is 9.86. The van der Waals surface area contributed by atoms with Crippen LogP contribution in [-0.4, -0.2) is 13.7 Å². The zero-order chi connectivity index (χ0) is 13.8. The first kappa shape index (κ1) is 12.9. The van der Waals surface area contributed by atoms with Gasteiger partial charge in [-0.25, -0.2) is 0 Å². The normalized spacial score (nSPS) is 13.2. The first-order valence-electron chi connectivity index (χ1n) is 6.98. The third-order valence-corrected chi connectivity index (χ3v) is 3.58. The number of hydrogen-bond acceptors (Lipinski definition) is 3. The summed E-state index contributed by atoms with van der Waals surface area (Å²) < 4.78 is 11.1. The molecule has 0 saturated heterocycles. The van der Waals surface area contributed by atoms with E-state index in [-0.39, 0.29) is 0 Å². The summed E-state index contributed by atoms with van der Waals surface area (Å²) in [7, 11) is 1.66. The number of para-hydroxylation sites is 2. The van der Waals surface area contributed by atoms with Crippen LogP contribution < -0.4 is 14.8 Å². The molecule has 104 valence electrons. The number of methoxy groups -OCH3 is 1. The topological polar surface area (TPSA) is 30.5 Å². The first-order valence-corrected chi connectivity index (χ1v) is 6.98. The fourth-order valence-corrected chi connectivity index (χ4v) is 2.50. The summed E-state index contributed by atoms with van der Waals surface area (Å²) in [6.45, 7) is 1.61. The molecule has 0 aliphatic carbocycles. The van der Waals surface area contributed by atoms with Gasteiger partial charge in [0.1, 0.15) is 6.61 Å². The number of anilines is 1. The van der Waals surface area contributed by atoms with Crippen LogP contribution in [0, 0.1) is 0 Å². The molecule has 3 rings (SSSR count). The van der Waals surface area contributed by atoms with E-state index < -0.39 is 0 Å². The summed E-state index contributed by atoms with van der Waals surface area (Å²) in [6, 6.07) is 14.2. The number of nitrogens with one attached hydrogen (secondary N) is 1. The second-order valence-electron chi connectivity index (χ2n) is 4.96. The van der Waals surface area contributed by atoms with E-state index in [1.807, 2.05) is 24.3 Å². The van der Waals surface area contributed by atoms with Crippen LogP contribution in [0.5, 0.6) is 11.5 Å². The van der Waals surface area contributed by atoms with Crippen molar-refractivity contribution in [1.82, 2.24) is 0 Å². The lowest BCUT2D eigenvalue weighted by Gasteiger charge is -2.19. The van der Waals surface area contributed by atoms with Crippen molar-refractivity contribution in [2.45, 2.75) is 19.4 Å². The summed E-state index contributed by atoms with van der Waals surface area (Å²) >= 11 is 0. The lowest BCUT2D eigenvalue weighted by molar-refractivity contribution is 0.284. The molecule has 1 N–H and O–H groups in total. The Bertz CT molecular complexity index is 595. The van der Waals surface area contributed by atoms with Crippen LogP contribution in [0.1, 0.15) is 17.5 Å². The van der Waals surface area contributed by atoms with Crippen LogP contribution in [0.2, 0.25) is 0 Å². The van der Waals surface area contributed by atoms with E-state index in [2.05, 4.69) is 23.5 Å². The zero-order valence-corrected chi connectivity index (χ0v) is 11.7. The maximum absolute atomic E-state index is 5.85. The predicted molar refractivity (Wildman–Crippen MR) is 80.6 cm³/mol. The molecule has 0 saturated carbocycles.